The topological polar surface area (TPSA) is 112 Å². The minimum atomic E-state index is -3.85. The fourth-order valence-corrected chi connectivity index (χ4v) is 4.39. The molecule has 0 radical (unpaired) electrons. The van der Waals surface area contributed by atoms with E-state index in [0.29, 0.717) is 6.54 Å². The summed E-state index contributed by atoms with van der Waals surface area (Å²) in [4.78, 5) is 10.9. The van der Waals surface area contributed by atoms with Crippen molar-refractivity contribution >= 4 is 27.8 Å². The predicted octanol–water partition coefficient (Wildman–Crippen LogP) is 0.672. The fourth-order valence-electron chi connectivity index (χ4n) is 1.87. The van der Waals surface area contributed by atoms with Crippen molar-refractivity contribution in [3.05, 3.63) is 11.8 Å². The van der Waals surface area contributed by atoms with E-state index in [-0.39, 0.29) is 15.8 Å². The normalized spacial score (nSPS) is 20.3. The summed E-state index contributed by atoms with van der Waals surface area (Å²) in [6.07, 6.45) is 4.23. The number of carboxylic acids is 1. The van der Waals surface area contributed by atoms with Gasteiger partial charge in [-0.1, -0.05) is 6.42 Å². The van der Waals surface area contributed by atoms with Gasteiger partial charge in [0.1, 0.15) is 5.56 Å². The van der Waals surface area contributed by atoms with Gasteiger partial charge in [0, 0.05) is 11.8 Å². The van der Waals surface area contributed by atoms with Gasteiger partial charge in [0.25, 0.3) is 10.0 Å². The van der Waals surface area contributed by atoms with Crippen LogP contribution >= 0.6 is 11.8 Å². The Kier molecular flexibility index (Phi) is 4.48. The van der Waals surface area contributed by atoms with Crippen molar-refractivity contribution < 1.29 is 18.3 Å². The Morgan fingerprint density at radius 1 is 1.58 bits per heavy atom. The molecular weight excluding hydrogens is 290 g/mol. The van der Waals surface area contributed by atoms with Crippen molar-refractivity contribution in [1.29, 1.82) is 0 Å². The lowest BCUT2D eigenvalue weighted by molar-refractivity contribution is 0.0692. The number of aromatic carboxylic acids is 1. The molecule has 0 spiro atoms. The number of thioether (sulfide) groups is 1. The molecule has 2 heterocycles. The maximum atomic E-state index is 12.0. The fraction of sp³-hybridized carbons (Fsp3) is 0.600. The van der Waals surface area contributed by atoms with Crippen LogP contribution in [0.5, 0.6) is 0 Å². The third kappa shape index (κ3) is 3.48. The summed E-state index contributed by atoms with van der Waals surface area (Å²) in [5.41, 5.74) is -0.344. The van der Waals surface area contributed by atoms with Gasteiger partial charge in [0.2, 0.25) is 0 Å². The molecule has 1 saturated heterocycles. The Labute approximate surface area is 115 Å². The van der Waals surface area contributed by atoms with E-state index in [4.69, 9.17) is 5.11 Å². The number of hydrogen-bond acceptors (Lipinski definition) is 5. The average molecular weight is 305 g/mol. The molecule has 2 rings (SSSR count). The molecule has 0 bridgehead atoms. The first kappa shape index (κ1) is 14.4. The highest BCUT2D eigenvalue weighted by atomic mass is 32.2. The number of aromatic nitrogens is 2. The molecule has 1 fully saturated rings. The number of aromatic amines is 1. The molecule has 1 aromatic rings. The predicted molar refractivity (Wildman–Crippen MR) is 70.8 cm³/mol. The minimum absolute atomic E-state index is 0.250. The number of hydrogen-bond donors (Lipinski definition) is 3. The van der Waals surface area contributed by atoms with Crippen LogP contribution in [-0.2, 0) is 10.0 Å². The molecule has 0 aromatic carbocycles. The summed E-state index contributed by atoms with van der Waals surface area (Å²) in [7, 11) is -3.85. The van der Waals surface area contributed by atoms with E-state index in [1.807, 2.05) is 0 Å². The first-order chi connectivity index (χ1) is 9.00. The first-order valence-corrected chi connectivity index (χ1v) is 8.42. The van der Waals surface area contributed by atoms with Gasteiger partial charge in [0.05, 0.1) is 6.20 Å². The lowest BCUT2D eigenvalue weighted by Gasteiger charge is -2.21. The van der Waals surface area contributed by atoms with E-state index in [1.54, 1.807) is 11.8 Å². The molecule has 19 heavy (non-hydrogen) atoms. The molecular formula is C10H15N3O4S2. The zero-order valence-corrected chi connectivity index (χ0v) is 11.8. The molecule has 0 aliphatic carbocycles. The van der Waals surface area contributed by atoms with Gasteiger partial charge < -0.3 is 5.11 Å². The maximum absolute atomic E-state index is 12.0. The highest BCUT2D eigenvalue weighted by molar-refractivity contribution is 8.00. The van der Waals surface area contributed by atoms with Crippen LogP contribution in [0.4, 0.5) is 0 Å². The lowest BCUT2D eigenvalue weighted by atomic mass is 10.2. The van der Waals surface area contributed by atoms with Gasteiger partial charge in [-0.2, -0.15) is 16.9 Å². The number of carbonyl (C=O) groups is 1. The van der Waals surface area contributed by atoms with Crippen LogP contribution in [0.3, 0.4) is 0 Å². The summed E-state index contributed by atoms with van der Waals surface area (Å²) in [5.74, 6) is -0.280. The summed E-state index contributed by atoms with van der Waals surface area (Å²) in [6.45, 7) is 0.311. The van der Waals surface area contributed by atoms with Crippen molar-refractivity contribution in [2.75, 3.05) is 12.3 Å². The Morgan fingerprint density at radius 2 is 2.37 bits per heavy atom. The summed E-state index contributed by atoms with van der Waals surface area (Å²) < 4.78 is 26.5. The monoisotopic (exact) mass is 305 g/mol. The van der Waals surface area contributed by atoms with Gasteiger partial charge in [-0.15, -0.1) is 0 Å². The Bertz CT molecular complexity index is 549. The summed E-state index contributed by atoms with van der Waals surface area (Å²) in [6, 6.07) is 0. The van der Waals surface area contributed by atoms with Gasteiger partial charge in [-0.3, -0.25) is 5.10 Å². The van der Waals surface area contributed by atoms with Crippen molar-refractivity contribution in [2.24, 2.45) is 0 Å². The zero-order chi connectivity index (χ0) is 13.9. The van der Waals surface area contributed by atoms with Crippen molar-refractivity contribution in [3.63, 3.8) is 0 Å². The van der Waals surface area contributed by atoms with Gasteiger partial charge >= 0.3 is 5.97 Å². The van der Waals surface area contributed by atoms with E-state index in [1.165, 1.54) is 0 Å². The highest BCUT2D eigenvalue weighted by Crippen LogP contribution is 2.24. The summed E-state index contributed by atoms with van der Waals surface area (Å²) >= 11 is 1.74. The maximum Gasteiger partial charge on any atom is 0.340 e. The third-order valence-corrected chi connectivity index (χ3v) is 5.67. The number of nitrogens with one attached hydrogen (secondary N) is 2. The van der Waals surface area contributed by atoms with E-state index >= 15 is 0 Å². The Morgan fingerprint density at radius 3 is 3.00 bits per heavy atom. The van der Waals surface area contributed by atoms with Crippen molar-refractivity contribution in [1.82, 2.24) is 14.9 Å². The van der Waals surface area contributed by atoms with E-state index in [2.05, 4.69) is 14.9 Å². The molecule has 7 nitrogen and oxygen atoms in total. The van der Waals surface area contributed by atoms with Crippen LogP contribution in [0.2, 0.25) is 0 Å². The molecule has 1 unspecified atom stereocenters. The molecule has 0 amide bonds. The average Bonchev–Trinajstić information content (AvgIpc) is 2.88. The molecule has 3 N–H and O–H groups in total. The molecule has 1 aliphatic rings. The minimum Gasteiger partial charge on any atom is -0.478 e. The largest absolute Gasteiger partial charge is 0.478 e. The molecule has 1 aromatic heterocycles. The second-order valence-corrected chi connectivity index (χ2v) is 7.37. The van der Waals surface area contributed by atoms with Crippen LogP contribution < -0.4 is 4.72 Å². The van der Waals surface area contributed by atoms with Gasteiger partial charge in [-0.25, -0.2) is 17.9 Å². The second kappa shape index (κ2) is 5.93. The zero-order valence-electron chi connectivity index (χ0n) is 10.1. The molecule has 1 aliphatic heterocycles. The second-order valence-electron chi connectivity index (χ2n) is 4.26. The van der Waals surface area contributed by atoms with Crippen LogP contribution in [-0.4, -0.2) is 47.2 Å². The lowest BCUT2D eigenvalue weighted by Crippen LogP contribution is -2.32. The molecule has 0 saturated carbocycles. The van der Waals surface area contributed by atoms with Crippen LogP contribution in [0.15, 0.2) is 11.2 Å². The smallest absolute Gasteiger partial charge is 0.340 e. The standard InChI is InChI=1S/C10H15N3O4S2/c14-10(15)8-6-11-13-9(8)19(16,17)12-5-7-3-1-2-4-18-7/h6-7,12H,1-5H2,(H,11,13)(H,14,15). The Hall–Kier alpha value is -1.06. The number of nitrogens with zero attached hydrogens (tertiary/aromatic N) is 1. The van der Waals surface area contributed by atoms with E-state index in [9.17, 15) is 13.2 Å². The Balaban J connectivity index is 2.05. The van der Waals surface area contributed by atoms with E-state index in [0.717, 1.165) is 31.2 Å². The molecule has 9 heteroatoms. The van der Waals surface area contributed by atoms with E-state index < -0.39 is 16.0 Å². The van der Waals surface area contributed by atoms with Crippen LogP contribution in [0, 0.1) is 0 Å². The van der Waals surface area contributed by atoms with Gasteiger partial charge in [-0.05, 0) is 18.6 Å². The summed E-state index contributed by atoms with van der Waals surface area (Å²) in [5, 5.41) is 14.4. The number of rotatable bonds is 5. The first-order valence-electron chi connectivity index (χ1n) is 5.88. The SMILES string of the molecule is O=C(O)c1cn[nH]c1S(=O)(=O)NCC1CCCCS1. The van der Waals surface area contributed by atoms with Crippen molar-refractivity contribution in [2.45, 2.75) is 29.5 Å². The van der Waals surface area contributed by atoms with Crippen LogP contribution in [0.25, 0.3) is 0 Å². The number of carboxylic acid groups (broad SMARTS) is 1. The third-order valence-electron chi connectivity index (χ3n) is 2.88. The number of H-pyrrole nitrogens is 1. The number of sulfonamides is 1. The van der Waals surface area contributed by atoms with Crippen LogP contribution in [0.1, 0.15) is 29.6 Å². The molecule has 1 atom stereocenters. The van der Waals surface area contributed by atoms with Gasteiger partial charge in [0.15, 0.2) is 5.03 Å². The molecule has 106 valence electrons. The van der Waals surface area contributed by atoms with Crippen molar-refractivity contribution in [3.8, 4) is 0 Å². The quantitative estimate of drug-likeness (QED) is 0.737. The highest BCUT2D eigenvalue weighted by Gasteiger charge is 2.26.